The SMILES string of the molecule is CC(=O)Nc1cccc(OCCN=C(N)NC(C)C)c1.I. The summed E-state index contributed by atoms with van der Waals surface area (Å²) < 4.78 is 5.54. The molecule has 0 spiro atoms. The monoisotopic (exact) mass is 406 g/mol. The largest absolute Gasteiger partial charge is 0.492 e. The van der Waals surface area contributed by atoms with Crippen LogP contribution in [0, 0.1) is 0 Å². The van der Waals surface area contributed by atoms with Gasteiger partial charge in [0.05, 0.1) is 6.54 Å². The molecular formula is C14H23IN4O2. The number of aliphatic imine (C=N–C) groups is 1. The Labute approximate surface area is 142 Å². The number of hydrogen-bond acceptors (Lipinski definition) is 3. The van der Waals surface area contributed by atoms with E-state index in [1.165, 1.54) is 6.92 Å². The summed E-state index contributed by atoms with van der Waals surface area (Å²) >= 11 is 0. The lowest BCUT2D eigenvalue weighted by atomic mass is 10.3. The van der Waals surface area contributed by atoms with Gasteiger partial charge in [-0.2, -0.15) is 0 Å². The number of carbonyl (C=O) groups excluding carboxylic acids is 1. The summed E-state index contributed by atoms with van der Waals surface area (Å²) in [6.45, 7) is 6.34. The van der Waals surface area contributed by atoms with Gasteiger partial charge in [0.1, 0.15) is 12.4 Å². The van der Waals surface area contributed by atoms with E-state index in [4.69, 9.17) is 10.5 Å². The van der Waals surface area contributed by atoms with E-state index < -0.39 is 0 Å². The molecule has 1 aromatic rings. The molecule has 6 nitrogen and oxygen atoms in total. The number of ether oxygens (including phenoxy) is 1. The van der Waals surface area contributed by atoms with Crippen LogP contribution in [-0.2, 0) is 4.79 Å². The minimum absolute atomic E-state index is 0. The van der Waals surface area contributed by atoms with Crippen molar-refractivity contribution < 1.29 is 9.53 Å². The zero-order chi connectivity index (χ0) is 15.0. The number of nitrogens with one attached hydrogen (secondary N) is 2. The fourth-order valence-electron chi connectivity index (χ4n) is 1.54. The summed E-state index contributed by atoms with van der Waals surface area (Å²) in [6, 6.07) is 7.47. The molecule has 0 aromatic heterocycles. The van der Waals surface area contributed by atoms with Crippen molar-refractivity contribution in [3.63, 3.8) is 0 Å². The highest BCUT2D eigenvalue weighted by atomic mass is 127. The predicted molar refractivity (Wildman–Crippen MR) is 96.4 cm³/mol. The van der Waals surface area contributed by atoms with Crippen molar-refractivity contribution in [2.45, 2.75) is 26.8 Å². The summed E-state index contributed by atoms with van der Waals surface area (Å²) in [7, 11) is 0. The first kappa shape index (κ1) is 19.5. The van der Waals surface area contributed by atoms with Gasteiger partial charge in [-0.25, -0.2) is 4.99 Å². The molecule has 1 rings (SSSR count). The first-order chi connectivity index (χ1) is 9.47. The van der Waals surface area contributed by atoms with Gasteiger partial charge in [-0.05, 0) is 26.0 Å². The van der Waals surface area contributed by atoms with E-state index in [0.29, 0.717) is 30.5 Å². The molecule has 118 valence electrons. The molecular weight excluding hydrogens is 383 g/mol. The highest BCUT2D eigenvalue weighted by molar-refractivity contribution is 14.0. The van der Waals surface area contributed by atoms with E-state index in [0.717, 1.165) is 0 Å². The van der Waals surface area contributed by atoms with Crippen LogP contribution in [0.3, 0.4) is 0 Å². The van der Waals surface area contributed by atoms with Gasteiger partial charge in [-0.15, -0.1) is 24.0 Å². The van der Waals surface area contributed by atoms with Gasteiger partial charge in [0, 0.05) is 24.7 Å². The first-order valence-electron chi connectivity index (χ1n) is 6.54. The number of nitrogens with two attached hydrogens (primary N) is 1. The van der Waals surface area contributed by atoms with Crippen LogP contribution >= 0.6 is 24.0 Å². The fraction of sp³-hybridized carbons (Fsp3) is 0.429. The smallest absolute Gasteiger partial charge is 0.221 e. The molecule has 0 aliphatic heterocycles. The maximum absolute atomic E-state index is 11.0. The second-order valence-corrected chi connectivity index (χ2v) is 4.62. The molecule has 0 saturated carbocycles. The topological polar surface area (TPSA) is 88.7 Å². The van der Waals surface area contributed by atoms with E-state index in [1.54, 1.807) is 12.1 Å². The molecule has 0 atom stereocenters. The van der Waals surface area contributed by atoms with E-state index in [-0.39, 0.29) is 35.9 Å². The molecule has 0 heterocycles. The summed E-state index contributed by atoms with van der Waals surface area (Å²) in [5, 5.41) is 5.70. The third-order valence-corrected chi connectivity index (χ3v) is 2.23. The normalized spacial score (nSPS) is 10.8. The van der Waals surface area contributed by atoms with Crippen molar-refractivity contribution in [2.24, 2.45) is 10.7 Å². The highest BCUT2D eigenvalue weighted by Crippen LogP contribution is 2.17. The summed E-state index contributed by atoms with van der Waals surface area (Å²) in [5.41, 5.74) is 6.38. The van der Waals surface area contributed by atoms with Crippen LogP contribution in [-0.4, -0.2) is 31.1 Å². The van der Waals surface area contributed by atoms with Crippen LogP contribution in [0.25, 0.3) is 0 Å². The standard InChI is InChI=1S/C14H22N4O2.HI/c1-10(2)17-14(15)16-7-8-20-13-6-4-5-12(9-13)18-11(3)19;/h4-6,9-10H,7-8H2,1-3H3,(H,18,19)(H3,15,16,17);1H. The Morgan fingerprint density at radius 3 is 2.76 bits per heavy atom. The second kappa shape index (κ2) is 10.3. The van der Waals surface area contributed by atoms with Crippen LogP contribution in [0.15, 0.2) is 29.3 Å². The Bertz CT molecular complexity index is 478. The van der Waals surface area contributed by atoms with Gasteiger partial charge in [0.25, 0.3) is 0 Å². The number of carbonyl (C=O) groups is 1. The van der Waals surface area contributed by atoms with Gasteiger partial charge >= 0.3 is 0 Å². The van der Waals surface area contributed by atoms with Crippen LogP contribution in [0.4, 0.5) is 5.69 Å². The molecule has 0 radical (unpaired) electrons. The molecule has 1 aromatic carbocycles. The van der Waals surface area contributed by atoms with Crippen molar-refractivity contribution in [1.29, 1.82) is 0 Å². The maximum Gasteiger partial charge on any atom is 0.221 e. The van der Waals surface area contributed by atoms with E-state index in [9.17, 15) is 4.79 Å². The number of hydrogen-bond donors (Lipinski definition) is 3. The summed E-state index contributed by atoms with van der Waals surface area (Å²) in [4.78, 5) is 15.1. The predicted octanol–water partition coefficient (Wildman–Crippen LogP) is 1.95. The second-order valence-electron chi connectivity index (χ2n) is 4.62. The minimum Gasteiger partial charge on any atom is -0.492 e. The zero-order valence-corrected chi connectivity index (χ0v) is 14.9. The molecule has 7 heteroatoms. The summed E-state index contributed by atoms with van der Waals surface area (Å²) in [5.74, 6) is 0.983. The van der Waals surface area contributed by atoms with Gasteiger partial charge < -0.3 is 21.1 Å². The lowest BCUT2D eigenvalue weighted by Crippen LogP contribution is -2.37. The van der Waals surface area contributed by atoms with Crippen molar-refractivity contribution in [1.82, 2.24) is 5.32 Å². The highest BCUT2D eigenvalue weighted by Gasteiger charge is 1.99. The molecule has 0 saturated heterocycles. The molecule has 1 amide bonds. The molecule has 21 heavy (non-hydrogen) atoms. The van der Waals surface area contributed by atoms with E-state index in [1.807, 2.05) is 26.0 Å². The Balaban J connectivity index is 0.00000400. The Morgan fingerprint density at radius 2 is 2.14 bits per heavy atom. The minimum atomic E-state index is -0.112. The van der Waals surface area contributed by atoms with Crippen molar-refractivity contribution >= 4 is 41.5 Å². The van der Waals surface area contributed by atoms with E-state index in [2.05, 4.69) is 15.6 Å². The third-order valence-electron chi connectivity index (χ3n) is 2.23. The number of nitrogens with zero attached hydrogens (tertiary/aromatic N) is 1. The number of anilines is 1. The molecule has 0 bridgehead atoms. The van der Waals surface area contributed by atoms with Gasteiger partial charge in [-0.3, -0.25) is 4.79 Å². The van der Waals surface area contributed by atoms with Crippen LogP contribution < -0.4 is 21.1 Å². The average Bonchev–Trinajstić information content (AvgIpc) is 2.33. The maximum atomic E-state index is 11.0. The van der Waals surface area contributed by atoms with Crippen LogP contribution in [0.5, 0.6) is 5.75 Å². The van der Waals surface area contributed by atoms with Crippen LogP contribution in [0.2, 0.25) is 0 Å². The fourth-order valence-corrected chi connectivity index (χ4v) is 1.54. The van der Waals surface area contributed by atoms with Crippen molar-refractivity contribution in [3.05, 3.63) is 24.3 Å². The van der Waals surface area contributed by atoms with Gasteiger partial charge in [-0.1, -0.05) is 6.07 Å². The number of rotatable bonds is 6. The van der Waals surface area contributed by atoms with Gasteiger partial charge in [0.2, 0.25) is 5.91 Å². The van der Waals surface area contributed by atoms with Crippen molar-refractivity contribution in [3.8, 4) is 5.75 Å². The van der Waals surface area contributed by atoms with Gasteiger partial charge in [0.15, 0.2) is 5.96 Å². The zero-order valence-electron chi connectivity index (χ0n) is 12.6. The average molecular weight is 406 g/mol. The molecule has 0 unspecified atom stereocenters. The first-order valence-corrected chi connectivity index (χ1v) is 6.54. The van der Waals surface area contributed by atoms with E-state index >= 15 is 0 Å². The number of guanidine groups is 1. The molecule has 0 aliphatic carbocycles. The summed E-state index contributed by atoms with van der Waals surface area (Å²) in [6.07, 6.45) is 0. The lowest BCUT2D eigenvalue weighted by molar-refractivity contribution is -0.114. The Hall–Kier alpha value is -1.51. The Morgan fingerprint density at radius 1 is 1.43 bits per heavy atom. The third kappa shape index (κ3) is 9.11. The number of amides is 1. The number of halogens is 1. The lowest BCUT2D eigenvalue weighted by Gasteiger charge is -2.09. The quantitative estimate of drug-likeness (QED) is 0.292. The Kier molecular flexibility index (Phi) is 9.51. The van der Waals surface area contributed by atoms with Crippen molar-refractivity contribution in [2.75, 3.05) is 18.5 Å². The number of benzene rings is 1. The molecule has 0 aliphatic rings. The molecule has 4 N–H and O–H groups in total. The molecule has 0 fully saturated rings. The van der Waals surface area contributed by atoms with Crippen LogP contribution in [0.1, 0.15) is 20.8 Å².